The van der Waals surface area contributed by atoms with E-state index in [1.807, 2.05) is 25.1 Å². The quantitative estimate of drug-likeness (QED) is 0.770. The molecule has 3 atom stereocenters. The number of rotatable bonds is 7. The monoisotopic (exact) mass is 374 g/mol. The van der Waals surface area contributed by atoms with Crippen molar-refractivity contribution in [2.24, 2.45) is 11.8 Å². The number of hydrogen-bond acceptors (Lipinski definition) is 6. The molecule has 0 aromatic heterocycles. The summed E-state index contributed by atoms with van der Waals surface area (Å²) in [5, 5.41) is 21.0. The van der Waals surface area contributed by atoms with Gasteiger partial charge in [-0.25, -0.2) is 0 Å². The molecule has 1 aliphatic rings. The Labute approximate surface area is 159 Å². The summed E-state index contributed by atoms with van der Waals surface area (Å²) in [5.74, 6) is 2.26. The first-order valence-electron chi connectivity index (χ1n) is 8.96. The highest BCUT2D eigenvalue weighted by atomic mass is 16.7. The Morgan fingerprint density at radius 3 is 2.48 bits per heavy atom. The van der Waals surface area contributed by atoms with Gasteiger partial charge in [0.1, 0.15) is 0 Å². The van der Waals surface area contributed by atoms with E-state index in [0.717, 1.165) is 23.5 Å². The van der Waals surface area contributed by atoms with Gasteiger partial charge in [-0.05, 0) is 53.6 Å². The molecule has 6 nitrogen and oxygen atoms in total. The number of methoxy groups -OCH3 is 2. The van der Waals surface area contributed by atoms with Gasteiger partial charge >= 0.3 is 0 Å². The lowest BCUT2D eigenvalue weighted by molar-refractivity contribution is 0.0866. The topological polar surface area (TPSA) is 77.4 Å². The van der Waals surface area contributed by atoms with Gasteiger partial charge in [0.2, 0.25) is 12.5 Å². The van der Waals surface area contributed by atoms with Gasteiger partial charge in [-0.2, -0.15) is 0 Å². The van der Waals surface area contributed by atoms with E-state index in [1.165, 1.54) is 20.3 Å². The van der Waals surface area contributed by atoms with Crippen molar-refractivity contribution in [2.45, 2.75) is 26.4 Å². The lowest BCUT2D eigenvalue weighted by Crippen LogP contribution is -2.19. The molecule has 1 aliphatic heterocycles. The number of aliphatic hydroxyl groups is 1. The van der Waals surface area contributed by atoms with Crippen LogP contribution in [-0.4, -0.2) is 31.2 Å². The second kappa shape index (κ2) is 7.96. The number of fused-ring (bicyclic) bond motifs is 1. The molecule has 0 saturated carbocycles. The predicted molar refractivity (Wildman–Crippen MR) is 101 cm³/mol. The van der Waals surface area contributed by atoms with Crippen molar-refractivity contribution in [3.63, 3.8) is 0 Å². The highest BCUT2D eigenvalue weighted by molar-refractivity contribution is 5.53. The summed E-state index contributed by atoms with van der Waals surface area (Å²) >= 11 is 0. The number of ether oxygens (including phenoxy) is 4. The smallest absolute Gasteiger partial charge is 0.231 e. The van der Waals surface area contributed by atoms with Crippen LogP contribution in [0.5, 0.6) is 28.7 Å². The van der Waals surface area contributed by atoms with Gasteiger partial charge in [-0.3, -0.25) is 0 Å². The molecular formula is C21H26O6. The summed E-state index contributed by atoms with van der Waals surface area (Å²) in [6.07, 6.45) is 0.0356. The van der Waals surface area contributed by atoms with Gasteiger partial charge < -0.3 is 29.2 Å². The Balaban J connectivity index is 1.74. The van der Waals surface area contributed by atoms with Gasteiger partial charge in [0.15, 0.2) is 23.0 Å². The van der Waals surface area contributed by atoms with E-state index in [9.17, 15) is 10.2 Å². The Morgan fingerprint density at radius 2 is 1.78 bits per heavy atom. The number of hydrogen-bond donors (Lipinski definition) is 2. The van der Waals surface area contributed by atoms with E-state index in [1.54, 1.807) is 6.07 Å². The summed E-state index contributed by atoms with van der Waals surface area (Å²) in [7, 11) is 2.96. The zero-order chi connectivity index (χ0) is 19.6. The molecule has 2 N–H and O–H groups in total. The summed E-state index contributed by atoms with van der Waals surface area (Å²) < 4.78 is 21.2. The Bertz CT molecular complexity index is 803. The van der Waals surface area contributed by atoms with Crippen LogP contribution in [0.2, 0.25) is 0 Å². The lowest BCUT2D eigenvalue weighted by atomic mass is 9.83. The largest absolute Gasteiger partial charge is 0.504 e. The maximum absolute atomic E-state index is 10.8. The van der Waals surface area contributed by atoms with Crippen LogP contribution in [0.15, 0.2) is 30.3 Å². The van der Waals surface area contributed by atoms with Crippen molar-refractivity contribution in [2.75, 3.05) is 21.0 Å². The van der Waals surface area contributed by atoms with Gasteiger partial charge in [-0.1, -0.05) is 19.9 Å². The summed E-state index contributed by atoms with van der Waals surface area (Å²) in [6, 6.07) is 9.15. The lowest BCUT2D eigenvalue weighted by Gasteiger charge is -2.26. The van der Waals surface area contributed by atoms with Crippen LogP contribution < -0.4 is 18.9 Å². The minimum atomic E-state index is -0.750. The number of phenols is 1. The van der Waals surface area contributed by atoms with Crippen molar-refractivity contribution in [1.82, 2.24) is 0 Å². The maximum Gasteiger partial charge on any atom is 0.231 e. The average molecular weight is 374 g/mol. The van der Waals surface area contributed by atoms with Gasteiger partial charge in [0, 0.05) is 0 Å². The highest BCUT2D eigenvalue weighted by Gasteiger charge is 2.25. The summed E-state index contributed by atoms with van der Waals surface area (Å²) in [5.41, 5.74) is 1.72. The van der Waals surface area contributed by atoms with E-state index in [2.05, 4.69) is 6.92 Å². The van der Waals surface area contributed by atoms with E-state index in [0.29, 0.717) is 11.3 Å². The molecule has 146 valence electrons. The molecule has 0 amide bonds. The highest BCUT2D eigenvalue weighted by Crippen LogP contribution is 2.41. The molecule has 6 heteroatoms. The zero-order valence-corrected chi connectivity index (χ0v) is 16.1. The van der Waals surface area contributed by atoms with Crippen molar-refractivity contribution >= 4 is 0 Å². The SMILES string of the molecule is COc1cc(C(O)C(C)C(C)Cc2ccc3c(c2)OCO3)cc(O)c1OC. The molecule has 0 spiro atoms. The number of phenolic OH excluding ortho intramolecular Hbond substituents is 1. The Kier molecular flexibility index (Phi) is 5.65. The second-order valence-electron chi connectivity index (χ2n) is 6.95. The van der Waals surface area contributed by atoms with E-state index in [-0.39, 0.29) is 30.1 Å². The minimum Gasteiger partial charge on any atom is -0.504 e. The third-order valence-corrected chi connectivity index (χ3v) is 5.21. The van der Waals surface area contributed by atoms with Crippen LogP contribution in [0.1, 0.15) is 31.1 Å². The van der Waals surface area contributed by atoms with Crippen molar-refractivity contribution in [3.8, 4) is 28.7 Å². The maximum atomic E-state index is 10.8. The predicted octanol–water partition coefficient (Wildman–Crippen LogP) is 3.69. The molecule has 2 aromatic carbocycles. The van der Waals surface area contributed by atoms with E-state index >= 15 is 0 Å². The molecule has 0 bridgehead atoms. The second-order valence-corrected chi connectivity index (χ2v) is 6.95. The van der Waals surface area contributed by atoms with Crippen LogP contribution >= 0.6 is 0 Å². The molecule has 3 unspecified atom stereocenters. The molecular weight excluding hydrogens is 348 g/mol. The van der Waals surface area contributed by atoms with Crippen LogP contribution in [0.25, 0.3) is 0 Å². The molecule has 2 aromatic rings. The van der Waals surface area contributed by atoms with Crippen molar-refractivity contribution < 1.29 is 29.2 Å². The Hall–Kier alpha value is -2.60. The standard InChI is InChI=1S/C21H26O6/c1-12(7-14-5-6-17-18(8-14)27-11-26-17)13(2)20(23)15-9-16(22)21(25-4)19(10-15)24-3/h5-6,8-10,12-13,20,22-23H,7,11H2,1-4H3. The summed E-state index contributed by atoms with van der Waals surface area (Å²) in [6.45, 7) is 4.35. The van der Waals surface area contributed by atoms with Crippen LogP contribution in [0.3, 0.4) is 0 Å². The normalized spacial score (nSPS) is 15.9. The summed E-state index contributed by atoms with van der Waals surface area (Å²) in [4.78, 5) is 0. The van der Waals surface area contributed by atoms with Crippen LogP contribution in [-0.2, 0) is 6.42 Å². The number of aromatic hydroxyl groups is 1. The molecule has 27 heavy (non-hydrogen) atoms. The van der Waals surface area contributed by atoms with E-state index < -0.39 is 6.10 Å². The fraction of sp³-hybridized carbons (Fsp3) is 0.429. The zero-order valence-electron chi connectivity index (χ0n) is 16.1. The molecule has 3 rings (SSSR count). The fourth-order valence-corrected chi connectivity index (χ4v) is 3.38. The van der Waals surface area contributed by atoms with Crippen molar-refractivity contribution in [1.29, 1.82) is 0 Å². The molecule has 0 radical (unpaired) electrons. The van der Waals surface area contributed by atoms with Gasteiger partial charge in [0.05, 0.1) is 20.3 Å². The number of aliphatic hydroxyl groups excluding tert-OH is 1. The van der Waals surface area contributed by atoms with Gasteiger partial charge in [-0.15, -0.1) is 0 Å². The average Bonchev–Trinajstić information content (AvgIpc) is 3.13. The number of benzene rings is 2. The van der Waals surface area contributed by atoms with Gasteiger partial charge in [0.25, 0.3) is 0 Å². The molecule has 0 saturated heterocycles. The third kappa shape index (κ3) is 3.90. The first-order valence-corrected chi connectivity index (χ1v) is 8.96. The first kappa shape index (κ1) is 19.2. The molecule has 1 heterocycles. The van der Waals surface area contributed by atoms with Crippen LogP contribution in [0.4, 0.5) is 0 Å². The molecule has 0 aliphatic carbocycles. The third-order valence-electron chi connectivity index (χ3n) is 5.21. The fourth-order valence-electron chi connectivity index (χ4n) is 3.38. The first-order chi connectivity index (χ1) is 12.9. The van der Waals surface area contributed by atoms with E-state index in [4.69, 9.17) is 18.9 Å². The molecule has 0 fully saturated rings. The van der Waals surface area contributed by atoms with Crippen molar-refractivity contribution in [3.05, 3.63) is 41.5 Å². The minimum absolute atomic E-state index is 0.0482. The Morgan fingerprint density at radius 1 is 1.04 bits per heavy atom. The van der Waals surface area contributed by atoms with Crippen LogP contribution in [0, 0.1) is 11.8 Å².